The summed E-state index contributed by atoms with van der Waals surface area (Å²) in [6.45, 7) is 0. The summed E-state index contributed by atoms with van der Waals surface area (Å²) < 4.78 is 76.7. The number of halogens is 6. The molecule has 5 nitrogen and oxygen atoms in total. The van der Waals surface area contributed by atoms with Gasteiger partial charge in [-0.05, 0) is 6.07 Å². The predicted octanol–water partition coefficient (Wildman–Crippen LogP) is 2.35. The monoisotopic (exact) mass is 309 g/mol. The molecule has 0 aromatic heterocycles. The van der Waals surface area contributed by atoms with Crippen molar-refractivity contribution in [1.82, 2.24) is 0 Å². The van der Waals surface area contributed by atoms with Crippen molar-refractivity contribution in [3.63, 3.8) is 0 Å². The van der Waals surface area contributed by atoms with Gasteiger partial charge in [-0.2, -0.15) is 23.5 Å². The second kappa shape index (κ2) is 5.70. The minimum Gasteiger partial charge on any atom is -0.382 e. The third-order valence-corrected chi connectivity index (χ3v) is 2.10. The van der Waals surface area contributed by atoms with Crippen molar-refractivity contribution in [3.8, 4) is 6.07 Å². The van der Waals surface area contributed by atoms with Crippen LogP contribution in [0.15, 0.2) is 11.2 Å². The summed E-state index contributed by atoms with van der Waals surface area (Å²) in [4.78, 5) is 0. The average molecular weight is 309 g/mol. The smallest absolute Gasteiger partial charge is 0.382 e. The Morgan fingerprint density at radius 2 is 1.81 bits per heavy atom. The van der Waals surface area contributed by atoms with Gasteiger partial charge in [-0.15, -0.1) is 0 Å². The van der Waals surface area contributed by atoms with Gasteiger partial charge in [-0.25, -0.2) is 13.2 Å². The zero-order chi connectivity index (χ0) is 16.4. The maximum Gasteiger partial charge on any atom is 0.419 e. The first-order valence-corrected chi connectivity index (χ1v) is 4.92. The van der Waals surface area contributed by atoms with E-state index < -0.39 is 46.4 Å². The first-order valence-electron chi connectivity index (χ1n) is 4.92. The quantitative estimate of drug-likeness (QED) is 0.263. The van der Waals surface area contributed by atoms with Gasteiger partial charge in [0.15, 0.2) is 23.3 Å². The number of alkyl halides is 3. The number of nitriles is 1. The fourth-order valence-corrected chi connectivity index (χ4v) is 1.15. The number of hydrogen-bond acceptors (Lipinski definition) is 4. The highest BCUT2D eigenvalue weighted by molar-refractivity contribution is 6.45. The Morgan fingerprint density at radius 3 is 2.24 bits per heavy atom. The lowest BCUT2D eigenvalue weighted by atomic mass is 10.1. The highest BCUT2D eigenvalue weighted by Crippen LogP contribution is 2.35. The third-order valence-electron chi connectivity index (χ3n) is 2.10. The van der Waals surface area contributed by atoms with Crippen LogP contribution in [0.3, 0.4) is 0 Å². The summed E-state index contributed by atoms with van der Waals surface area (Å²) >= 11 is 0. The first-order chi connectivity index (χ1) is 9.59. The number of nitrogens with two attached hydrogens (primary N) is 1. The largest absolute Gasteiger partial charge is 0.419 e. The molecule has 112 valence electrons. The molecular formula is C10H5F6N5. The lowest BCUT2D eigenvalue weighted by Gasteiger charge is -2.12. The molecule has 1 aromatic rings. The van der Waals surface area contributed by atoms with Gasteiger partial charge < -0.3 is 5.73 Å². The van der Waals surface area contributed by atoms with Gasteiger partial charge in [0.2, 0.25) is 5.71 Å². The van der Waals surface area contributed by atoms with Gasteiger partial charge in [-0.1, -0.05) is 0 Å². The standard InChI is InChI=1S/C10H5F6N5/c11-6-3(10(14,15)16)1-4(7(12)8(6)13)20-21-5(2-17)9(18)19/h1,20H,(H3,18,19)/b21-5+. The van der Waals surface area contributed by atoms with Crippen LogP contribution in [-0.2, 0) is 6.18 Å². The summed E-state index contributed by atoms with van der Waals surface area (Å²) in [7, 11) is 0. The highest BCUT2D eigenvalue weighted by atomic mass is 19.4. The van der Waals surface area contributed by atoms with E-state index in [-0.39, 0.29) is 6.07 Å². The predicted molar refractivity (Wildman–Crippen MR) is 59.9 cm³/mol. The van der Waals surface area contributed by atoms with Crippen LogP contribution < -0.4 is 11.2 Å². The van der Waals surface area contributed by atoms with Crippen LogP contribution in [0.4, 0.5) is 32.0 Å². The fourth-order valence-electron chi connectivity index (χ4n) is 1.15. The van der Waals surface area contributed by atoms with Gasteiger partial charge in [0.05, 0.1) is 11.3 Å². The maximum atomic E-state index is 13.3. The molecule has 1 aromatic carbocycles. The molecule has 11 heteroatoms. The Hall–Kier alpha value is -2.77. The molecule has 0 fully saturated rings. The number of anilines is 1. The molecule has 4 N–H and O–H groups in total. The first kappa shape index (κ1) is 16.3. The second-order valence-electron chi connectivity index (χ2n) is 3.51. The van der Waals surface area contributed by atoms with Crippen molar-refractivity contribution >= 4 is 17.2 Å². The Kier molecular flexibility index (Phi) is 4.42. The van der Waals surface area contributed by atoms with Crippen molar-refractivity contribution in [3.05, 3.63) is 29.1 Å². The number of benzene rings is 1. The lowest BCUT2D eigenvalue weighted by molar-refractivity contribution is -0.140. The van der Waals surface area contributed by atoms with E-state index in [9.17, 15) is 26.3 Å². The van der Waals surface area contributed by atoms with E-state index in [0.29, 0.717) is 0 Å². The number of rotatable bonds is 3. The Labute approximate surface area is 113 Å². The summed E-state index contributed by atoms with van der Waals surface area (Å²) in [5, 5.41) is 18.4. The van der Waals surface area contributed by atoms with Crippen LogP contribution in [0.5, 0.6) is 0 Å². The molecule has 0 aliphatic rings. The van der Waals surface area contributed by atoms with Crippen molar-refractivity contribution in [1.29, 1.82) is 10.7 Å². The zero-order valence-electron chi connectivity index (χ0n) is 9.82. The van der Waals surface area contributed by atoms with E-state index in [1.807, 2.05) is 0 Å². The minimum absolute atomic E-state index is 0.0631. The molecule has 0 radical (unpaired) electrons. The molecule has 0 atom stereocenters. The molecule has 0 saturated heterocycles. The Morgan fingerprint density at radius 1 is 1.24 bits per heavy atom. The van der Waals surface area contributed by atoms with Crippen LogP contribution in [-0.4, -0.2) is 11.5 Å². The van der Waals surface area contributed by atoms with E-state index in [1.54, 1.807) is 5.43 Å². The Balaban J connectivity index is 3.36. The third kappa shape index (κ3) is 3.41. The van der Waals surface area contributed by atoms with E-state index in [2.05, 4.69) is 5.10 Å². The van der Waals surface area contributed by atoms with Crippen LogP contribution in [0.1, 0.15) is 5.56 Å². The molecule has 0 amide bonds. The molecule has 0 bridgehead atoms. The van der Waals surface area contributed by atoms with Crippen LogP contribution in [0.2, 0.25) is 0 Å². The van der Waals surface area contributed by atoms with Crippen LogP contribution >= 0.6 is 0 Å². The number of nitrogens with zero attached hydrogens (tertiary/aromatic N) is 2. The van der Waals surface area contributed by atoms with E-state index in [1.165, 1.54) is 6.07 Å². The van der Waals surface area contributed by atoms with Gasteiger partial charge in [0.25, 0.3) is 0 Å². The molecule has 0 unspecified atom stereocenters. The second-order valence-corrected chi connectivity index (χ2v) is 3.51. The summed E-state index contributed by atoms with van der Waals surface area (Å²) in [6, 6.07) is 1.22. The molecule has 0 aliphatic heterocycles. The molecule has 0 heterocycles. The van der Waals surface area contributed by atoms with Crippen molar-refractivity contribution in [2.24, 2.45) is 10.8 Å². The topological polar surface area (TPSA) is 98.0 Å². The van der Waals surface area contributed by atoms with Crippen molar-refractivity contribution in [2.75, 3.05) is 5.43 Å². The summed E-state index contributed by atoms with van der Waals surface area (Å²) in [5.41, 5.74) is 2.46. The average Bonchev–Trinajstić information content (AvgIpc) is 2.37. The van der Waals surface area contributed by atoms with Gasteiger partial charge in [0, 0.05) is 0 Å². The fraction of sp³-hybridized carbons (Fsp3) is 0.100. The maximum absolute atomic E-state index is 13.3. The van der Waals surface area contributed by atoms with Crippen molar-refractivity contribution < 1.29 is 26.3 Å². The summed E-state index contributed by atoms with van der Waals surface area (Å²) in [5.74, 6) is -7.58. The number of hydrazone groups is 1. The SMILES string of the molecule is N#C/C(=N\Nc1cc(C(F)(F)F)c(F)c(F)c1F)C(=N)N. The van der Waals surface area contributed by atoms with Crippen LogP contribution in [0.25, 0.3) is 0 Å². The van der Waals surface area contributed by atoms with E-state index in [4.69, 9.17) is 16.4 Å². The van der Waals surface area contributed by atoms with Gasteiger partial charge in [0.1, 0.15) is 6.07 Å². The number of hydrogen-bond donors (Lipinski definition) is 3. The minimum atomic E-state index is -5.27. The lowest BCUT2D eigenvalue weighted by Crippen LogP contribution is -2.22. The van der Waals surface area contributed by atoms with Gasteiger partial charge in [-0.3, -0.25) is 10.8 Å². The highest BCUT2D eigenvalue weighted by Gasteiger charge is 2.37. The van der Waals surface area contributed by atoms with Gasteiger partial charge >= 0.3 is 6.18 Å². The Bertz CT molecular complexity index is 657. The van der Waals surface area contributed by atoms with Crippen LogP contribution in [0, 0.1) is 34.2 Å². The zero-order valence-corrected chi connectivity index (χ0v) is 9.82. The molecule has 21 heavy (non-hydrogen) atoms. The van der Waals surface area contributed by atoms with E-state index in [0.717, 1.165) is 0 Å². The molecule has 0 spiro atoms. The van der Waals surface area contributed by atoms with Crippen molar-refractivity contribution in [2.45, 2.75) is 6.18 Å². The number of nitrogens with one attached hydrogen (secondary N) is 2. The molecule has 0 aliphatic carbocycles. The molecule has 0 saturated carbocycles. The summed E-state index contributed by atoms with van der Waals surface area (Å²) in [6.07, 6.45) is -5.27. The normalized spacial score (nSPS) is 12.0. The molecule has 1 rings (SSSR count). The molecular weight excluding hydrogens is 304 g/mol. The van der Waals surface area contributed by atoms with E-state index >= 15 is 0 Å². The number of amidine groups is 1.